The zero-order valence-electron chi connectivity index (χ0n) is 13.5. The summed E-state index contributed by atoms with van der Waals surface area (Å²) < 4.78 is 37.4. The summed E-state index contributed by atoms with van der Waals surface area (Å²) in [5, 5.41) is 0. The molecule has 2 aromatic rings. The highest BCUT2D eigenvalue weighted by Crippen LogP contribution is 2.53. The summed E-state index contributed by atoms with van der Waals surface area (Å²) in [5.74, 6) is 0.850. The lowest BCUT2D eigenvalue weighted by molar-refractivity contribution is 0.0511. The van der Waals surface area contributed by atoms with E-state index >= 15 is 0 Å². The van der Waals surface area contributed by atoms with E-state index in [1.807, 2.05) is 48.5 Å². The van der Waals surface area contributed by atoms with Gasteiger partial charge in [-0.15, -0.1) is 0 Å². The maximum absolute atomic E-state index is 12.3. The van der Waals surface area contributed by atoms with Crippen LogP contribution in [-0.2, 0) is 14.8 Å². The summed E-state index contributed by atoms with van der Waals surface area (Å²) >= 11 is 0. The molecule has 24 heavy (non-hydrogen) atoms. The van der Waals surface area contributed by atoms with Crippen LogP contribution in [0.2, 0.25) is 0 Å². The average molecular weight is 345 g/mol. The molecular formula is C18H19NO4S. The van der Waals surface area contributed by atoms with E-state index in [0.717, 1.165) is 29.0 Å². The number of benzene rings is 2. The molecule has 0 aromatic heterocycles. The molecule has 5 nitrogen and oxygen atoms in total. The molecular weight excluding hydrogens is 326 g/mol. The SMILES string of the molecule is COc1ccc([C@@H]2C[C@H]3c4ccccc4N(S(C)(=O)=O)[C@H]3O2)cc1. The fourth-order valence-corrected chi connectivity index (χ4v) is 4.80. The third-order valence-electron chi connectivity index (χ3n) is 4.77. The third kappa shape index (κ3) is 2.37. The topological polar surface area (TPSA) is 55.8 Å². The Morgan fingerprint density at radius 3 is 2.50 bits per heavy atom. The fraction of sp³-hybridized carbons (Fsp3) is 0.333. The van der Waals surface area contributed by atoms with E-state index in [9.17, 15) is 8.42 Å². The maximum atomic E-state index is 12.3. The smallest absolute Gasteiger partial charge is 0.234 e. The van der Waals surface area contributed by atoms with Crippen molar-refractivity contribution in [2.75, 3.05) is 17.7 Å². The van der Waals surface area contributed by atoms with Crippen LogP contribution in [0.5, 0.6) is 5.75 Å². The van der Waals surface area contributed by atoms with Crippen LogP contribution < -0.4 is 9.04 Å². The van der Waals surface area contributed by atoms with E-state index in [0.29, 0.717) is 0 Å². The number of nitrogens with zero attached hydrogens (tertiary/aromatic N) is 1. The van der Waals surface area contributed by atoms with E-state index in [1.54, 1.807) is 7.11 Å². The van der Waals surface area contributed by atoms with Gasteiger partial charge in [-0.3, -0.25) is 0 Å². The molecule has 0 saturated carbocycles. The van der Waals surface area contributed by atoms with Crippen LogP contribution in [0.1, 0.15) is 29.6 Å². The molecule has 2 aromatic carbocycles. The Bertz CT molecular complexity index is 863. The summed E-state index contributed by atoms with van der Waals surface area (Å²) in [5.41, 5.74) is 2.82. The van der Waals surface area contributed by atoms with Crippen molar-refractivity contribution >= 4 is 15.7 Å². The second kappa shape index (κ2) is 5.50. The maximum Gasteiger partial charge on any atom is 0.234 e. The van der Waals surface area contributed by atoms with Gasteiger partial charge in [0.2, 0.25) is 10.0 Å². The lowest BCUT2D eigenvalue weighted by atomic mass is 9.94. The fourth-order valence-electron chi connectivity index (χ4n) is 3.70. The molecule has 6 heteroatoms. The Balaban J connectivity index is 1.69. The normalized spacial score (nSPS) is 25.4. The lowest BCUT2D eigenvalue weighted by Gasteiger charge is -2.25. The summed E-state index contributed by atoms with van der Waals surface area (Å²) in [7, 11) is -1.77. The number of para-hydroxylation sites is 1. The Hall–Kier alpha value is -2.05. The monoisotopic (exact) mass is 345 g/mol. The molecule has 0 spiro atoms. The first-order valence-electron chi connectivity index (χ1n) is 7.87. The van der Waals surface area contributed by atoms with Crippen molar-refractivity contribution in [3.05, 3.63) is 59.7 Å². The van der Waals surface area contributed by atoms with Crippen LogP contribution in [0, 0.1) is 0 Å². The number of methoxy groups -OCH3 is 1. The van der Waals surface area contributed by atoms with Gasteiger partial charge in [0.15, 0.2) is 6.23 Å². The molecule has 0 aliphatic carbocycles. The van der Waals surface area contributed by atoms with Crippen LogP contribution in [0.4, 0.5) is 5.69 Å². The van der Waals surface area contributed by atoms with Gasteiger partial charge in [0.05, 0.1) is 25.2 Å². The number of hydrogen-bond acceptors (Lipinski definition) is 4. The van der Waals surface area contributed by atoms with Gasteiger partial charge in [0.1, 0.15) is 5.75 Å². The molecule has 2 aliphatic heterocycles. The number of rotatable bonds is 3. The number of fused-ring (bicyclic) bond motifs is 3. The predicted octanol–water partition coefficient (Wildman–Crippen LogP) is 3.05. The summed E-state index contributed by atoms with van der Waals surface area (Å²) in [6.45, 7) is 0. The molecule has 4 rings (SSSR count). The minimum absolute atomic E-state index is 0.0584. The van der Waals surface area contributed by atoms with Gasteiger partial charge in [-0.1, -0.05) is 30.3 Å². The van der Waals surface area contributed by atoms with Crippen LogP contribution in [-0.4, -0.2) is 28.0 Å². The number of ether oxygens (including phenoxy) is 2. The number of sulfonamides is 1. The first-order chi connectivity index (χ1) is 11.5. The first kappa shape index (κ1) is 15.5. The Morgan fingerprint density at radius 2 is 1.83 bits per heavy atom. The van der Waals surface area contributed by atoms with Crippen molar-refractivity contribution < 1.29 is 17.9 Å². The Kier molecular flexibility index (Phi) is 3.54. The number of hydrogen-bond donors (Lipinski definition) is 0. The molecule has 0 unspecified atom stereocenters. The van der Waals surface area contributed by atoms with Crippen LogP contribution in [0.25, 0.3) is 0 Å². The predicted molar refractivity (Wildman–Crippen MR) is 91.7 cm³/mol. The van der Waals surface area contributed by atoms with Crippen molar-refractivity contribution in [2.45, 2.75) is 24.7 Å². The van der Waals surface area contributed by atoms with E-state index < -0.39 is 16.3 Å². The Morgan fingerprint density at radius 1 is 1.12 bits per heavy atom. The molecule has 1 fully saturated rings. The summed E-state index contributed by atoms with van der Waals surface area (Å²) in [4.78, 5) is 0. The quantitative estimate of drug-likeness (QED) is 0.858. The highest BCUT2D eigenvalue weighted by molar-refractivity contribution is 7.92. The standard InChI is InChI=1S/C18H19NO4S/c1-22-13-9-7-12(8-10-13)17-11-15-14-5-3-4-6-16(14)19(18(15)23-17)24(2,20)21/h3-10,15,17-18H,11H2,1-2H3/t15-,17-,18-/m0/s1. The van der Waals surface area contributed by atoms with Gasteiger partial charge in [0, 0.05) is 5.92 Å². The largest absolute Gasteiger partial charge is 0.497 e. The van der Waals surface area contributed by atoms with Crippen molar-refractivity contribution in [2.24, 2.45) is 0 Å². The molecule has 2 heterocycles. The average Bonchev–Trinajstić information content (AvgIpc) is 3.11. The van der Waals surface area contributed by atoms with Crippen molar-refractivity contribution in [3.8, 4) is 5.75 Å². The van der Waals surface area contributed by atoms with Crippen LogP contribution in [0.15, 0.2) is 48.5 Å². The Labute approximate surface area is 141 Å². The van der Waals surface area contributed by atoms with Gasteiger partial charge in [-0.2, -0.15) is 0 Å². The second-order valence-electron chi connectivity index (χ2n) is 6.25. The van der Waals surface area contributed by atoms with Crippen molar-refractivity contribution in [1.29, 1.82) is 0 Å². The minimum atomic E-state index is -3.40. The van der Waals surface area contributed by atoms with E-state index in [4.69, 9.17) is 9.47 Å². The van der Waals surface area contributed by atoms with Gasteiger partial charge in [-0.05, 0) is 35.7 Å². The van der Waals surface area contributed by atoms with Gasteiger partial charge in [0.25, 0.3) is 0 Å². The molecule has 1 saturated heterocycles. The molecule has 0 bridgehead atoms. The summed E-state index contributed by atoms with van der Waals surface area (Å²) in [6.07, 6.45) is 1.41. The lowest BCUT2D eigenvalue weighted by Crippen LogP contribution is -2.37. The third-order valence-corrected chi connectivity index (χ3v) is 5.88. The van der Waals surface area contributed by atoms with Crippen LogP contribution in [0.3, 0.4) is 0 Å². The second-order valence-corrected chi connectivity index (χ2v) is 8.11. The van der Waals surface area contributed by atoms with Gasteiger partial charge in [-0.25, -0.2) is 12.7 Å². The molecule has 0 amide bonds. The molecule has 0 N–H and O–H groups in total. The van der Waals surface area contributed by atoms with Gasteiger partial charge < -0.3 is 9.47 Å². The van der Waals surface area contributed by atoms with E-state index in [-0.39, 0.29) is 12.0 Å². The molecule has 2 aliphatic rings. The van der Waals surface area contributed by atoms with E-state index in [2.05, 4.69) is 0 Å². The number of anilines is 1. The highest BCUT2D eigenvalue weighted by atomic mass is 32.2. The van der Waals surface area contributed by atoms with Crippen molar-refractivity contribution in [3.63, 3.8) is 0 Å². The van der Waals surface area contributed by atoms with Crippen molar-refractivity contribution in [1.82, 2.24) is 0 Å². The zero-order valence-corrected chi connectivity index (χ0v) is 14.4. The molecule has 126 valence electrons. The zero-order chi connectivity index (χ0) is 16.9. The van der Waals surface area contributed by atoms with Crippen LogP contribution >= 0.6 is 0 Å². The summed E-state index contributed by atoms with van der Waals surface area (Å²) in [6, 6.07) is 15.4. The molecule has 3 atom stereocenters. The minimum Gasteiger partial charge on any atom is -0.497 e. The molecule has 0 radical (unpaired) electrons. The van der Waals surface area contributed by atoms with E-state index in [1.165, 1.54) is 10.6 Å². The highest BCUT2D eigenvalue weighted by Gasteiger charge is 2.49. The first-order valence-corrected chi connectivity index (χ1v) is 9.71. The van der Waals surface area contributed by atoms with Gasteiger partial charge >= 0.3 is 0 Å².